The third-order valence-corrected chi connectivity index (χ3v) is 6.62. The first-order valence-electron chi connectivity index (χ1n) is 9.86. The highest BCUT2D eigenvalue weighted by Crippen LogP contribution is 2.27. The van der Waals surface area contributed by atoms with E-state index in [0.29, 0.717) is 10.9 Å². The van der Waals surface area contributed by atoms with E-state index < -0.39 is 5.25 Å². The molecule has 9 heteroatoms. The van der Waals surface area contributed by atoms with E-state index >= 15 is 0 Å². The van der Waals surface area contributed by atoms with Gasteiger partial charge in [0.2, 0.25) is 11.8 Å². The second-order valence-corrected chi connectivity index (χ2v) is 9.29. The largest absolute Gasteiger partial charge is 0.497 e. The maximum absolute atomic E-state index is 12.3. The zero-order chi connectivity index (χ0) is 21.8. The van der Waals surface area contributed by atoms with Crippen LogP contribution in [0.3, 0.4) is 0 Å². The molecule has 1 aliphatic carbocycles. The van der Waals surface area contributed by atoms with Crippen LogP contribution in [0.4, 0.5) is 5.69 Å². The summed E-state index contributed by atoms with van der Waals surface area (Å²) in [5, 5.41) is 14.1. The van der Waals surface area contributed by atoms with E-state index in [4.69, 9.17) is 4.74 Å². The molecule has 4 rings (SSSR count). The Morgan fingerprint density at radius 3 is 2.81 bits per heavy atom. The molecule has 1 unspecified atom stereocenters. The number of carbonyl (C=O) groups excluding carboxylic acids is 2. The summed E-state index contributed by atoms with van der Waals surface area (Å²) < 4.78 is 6.23. The number of thioether (sulfide) groups is 1. The molecule has 0 aromatic heterocycles. The van der Waals surface area contributed by atoms with E-state index in [1.807, 2.05) is 30.3 Å². The topological polar surface area (TPSA) is 92.2 Å². The van der Waals surface area contributed by atoms with Crippen molar-refractivity contribution in [3.63, 3.8) is 0 Å². The molecular weight excluding hydrogens is 480 g/mol. The van der Waals surface area contributed by atoms with Crippen molar-refractivity contribution in [3.05, 3.63) is 58.1 Å². The van der Waals surface area contributed by atoms with Crippen molar-refractivity contribution in [1.29, 1.82) is 0 Å². The minimum atomic E-state index is -0.530. The number of nitrogens with zero attached hydrogens (tertiary/aromatic N) is 2. The van der Waals surface area contributed by atoms with Crippen LogP contribution in [-0.2, 0) is 16.0 Å². The predicted octanol–water partition coefficient (Wildman–Crippen LogP) is 4.11. The highest BCUT2D eigenvalue weighted by Gasteiger charge is 2.32. The fourth-order valence-corrected chi connectivity index (χ4v) is 4.66. The lowest BCUT2D eigenvalue weighted by atomic mass is 9.90. The third kappa shape index (κ3) is 5.34. The van der Waals surface area contributed by atoms with E-state index in [2.05, 4.69) is 36.8 Å². The molecule has 1 fully saturated rings. The predicted molar refractivity (Wildman–Crippen MR) is 127 cm³/mol. The average molecular weight is 501 g/mol. The number of anilines is 1. The van der Waals surface area contributed by atoms with Crippen LogP contribution < -0.4 is 15.4 Å². The maximum atomic E-state index is 12.3. The number of ether oxygens (including phenoxy) is 1. The van der Waals surface area contributed by atoms with Gasteiger partial charge in [0.15, 0.2) is 5.17 Å². The zero-order valence-electron chi connectivity index (χ0n) is 16.9. The van der Waals surface area contributed by atoms with Gasteiger partial charge in [-0.15, -0.1) is 5.10 Å². The Balaban J connectivity index is 1.40. The number of carbonyl (C=O) groups is 2. The second-order valence-electron chi connectivity index (χ2n) is 7.18. The van der Waals surface area contributed by atoms with Gasteiger partial charge in [-0.05, 0) is 67.3 Å². The second kappa shape index (κ2) is 9.65. The Morgan fingerprint density at radius 2 is 2.03 bits per heavy atom. The van der Waals surface area contributed by atoms with Gasteiger partial charge >= 0.3 is 0 Å². The summed E-state index contributed by atoms with van der Waals surface area (Å²) in [7, 11) is 1.65. The molecule has 0 radical (unpaired) electrons. The highest BCUT2D eigenvalue weighted by molar-refractivity contribution is 9.10. The van der Waals surface area contributed by atoms with Crippen LogP contribution in [0, 0.1) is 0 Å². The van der Waals surface area contributed by atoms with E-state index in [0.717, 1.165) is 40.8 Å². The number of nitrogens with one attached hydrogen (secondary N) is 2. The molecule has 31 heavy (non-hydrogen) atoms. The number of amides is 2. The first-order chi connectivity index (χ1) is 15.0. The Bertz CT molecular complexity index is 1070. The lowest BCUT2D eigenvalue weighted by molar-refractivity contribution is -0.122. The zero-order valence-corrected chi connectivity index (χ0v) is 19.3. The first kappa shape index (κ1) is 21.6. The number of methoxy groups -OCH3 is 1. The summed E-state index contributed by atoms with van der Waals surface area (Å²) in [6.45, 7) is 0. The van der Waals surface area contributed by atoms with E-state index in [9.17, 15) is 9.59 Å². The van der Waals surface area contributed by atoms with Gasteiger partial charge in [-0.2, -0.15) is 5.10 Å². The Hall–Kier alpha value is -2.65. The van der Waals surface area contributed by atoms with Gasteiger partial charge in [0.25, 0.3) is 0 Å². The van der Waals surface area contributed by atoms with Crippen LogP contribution in [0.15, 0.2) is 57.1 Å². The van der Waals surface area contributed by atoms with E-state index in [1.54, 1.807) is 19.2 Å². The lowest BCUT2D eigenvalue weighted by Crippen LogP contribution is -2.28. The van der Waals surface area contributed by atoms with Crippen LogP contribution in [0.25, 0.3) is 0 Å². The Labute approximate surface area is 192 Å². The van der Waals surface area contributed by atoms with Crippen LogP contribution >= 0.6 is 27.7 Å². The number of rotatable bonds is 5. The number of fused-ring (bicyclic) bond motifs is 1. The summed E-state index contributed by atoms with van der Waals surface area (Å²) in [4.78, 5) is 24.6. The molecule has 0 saturated carbocycles. The molecule has 2 aromatic carbocycles. The monoisotopic (exact) mass is 500 g/mol. The normalized spacial score (nSPS) is 20.5. The minimum absolute atomic E-state index is 0.0603. The molecule has 1 saturated heterocycles. The standard InChI is InChI=1S/C22H21BrN4O3S/c1-30-16-9-10-17-13(11-16)3-2-4-18(17)26-27-22-25-21(29)19(31-22)12-20(28)24-15-7-5-14(23)6-8-15/h5-11,19H,2-4,12H2,1H3,(H,24,28)(H,25,27,29). The third-order valence-electron chi connectivity index (χ3n) is 5.02. The fourth-order valence-electron chi connectivity index (χ4n) is 3.48. The van der Waals surface area contributed by atoms with Gasteiger partial charge < -0.3 is 15.4 Å². The number of aryl methyl sites for hydroxylation is 1. The Morgan fingerprint density at radius 1 is 1.23 bits per heavy atom. The summed E-state index contributed by atoms with van der Waals surface area (Å²) in [5.41, 5.74) is 3.83. The molecular formula is C22H21BrN4O3S. The number of benzene rings is 2. The van der Waals surface area contributed by atoms with Gasteiger partial charge in [-0.1, -0.05) is 27.7 Å². The molecule has 160 valence electrons. The number of hydrogen-bond donors (Lipinski definition) is 2. The molecule has 1 aliphatic heterocycles. The molecule has 2 N–H and O–H groups in total. The number of halogens is 1. The molecule has 1 heterocycles. The fraction of sp³-hybridized carbons (Fsp3) is 0.273. The van der Waals surface area contributed by atoms with Crippen molar-refractivity contribution < 1.29 is 14.3 Å². The average Bonchev–Trinajstić information content (AvgIpc) is 3.12. The van der Waals surface area contributed by atoms with Gasteiger partial charge in [0.1, 0.15) is 11.0 Å². The first-order valence-corrected chi connectivity index (χ1v) is 11.5. The number of amidine groups is 1. The molecule has 7 nitrogen and oxygen atoms in total. The quantitative estimate of drug-likeness (QED) is 0.604. The van der Waals surface area contributed by atoms with Crippen LogP contribution in [0.2, 0.25) is 0 Å². The molecule has 2 aliphatic rings. The van der Waals surface area contributed by atoms with Crippen molar-refractivity contribution in [2.24, 2.45) is 10.2 Å². The smallest absolute Gasteiger partial charge is 0.240 e. The van der Waals surface area contributed by atoms with Crippen molar-refractivity contribution in [2.45, 2.75) is 30.9 Å². The van der Waals surface area contributed by atoms with Gasteiger partial charge in [-0.3, -0.25) is 9.59 Å². The van der Waals surface area contributed by atoms with Crippen molar-refractivity contribution in [1.82, 2.24) is 5.32 Å². The molecule has 0 bridgehead atoms. The van der Waals surface area contributed by atoms with Gasteiger partial charge in [0, 0.05) is 22.1 Å². The van der Waals surface area contributed by atoms with E-state index in [-0.39, 0.29) is 18.2 Å². The van der Waals surface area contributed by atoms with Crippen LogP contribution in [0.1, 0.15) is 30.4 Å². The molecule has 0 spiro atoms. The van der Waals surface area contributed by atoms with Crippen molar-refractivity contribution in [2.75, 3.05) is 12.4 Å². The molecule has 2 aromatic rings. The molecule has 2 amide bonds. The van der Waals surface area contributed by atoms with Gasteiger partial charge in [0.05, 0.1) is 12.8 Å². The van der Waals surface area contributed by atoms with Gasteiger partial charge in [-0.25, -0.2) is 0 Å². The van der Waals surface area contributed by atoms with E-state index in [1.165, 1.54) is 17.3 Å². The van der Waals surface area contributed by atoms with Crippen molar-refractivity contribution >= 4 is 56.1 Å². The summed E-state index contributed by atoms with van der Waals surface area (Å²) >= 11 is 4.59. The number of hydrogen-bond acceptors (Lipinski definition) is 6. The molecule has 1 atom stereocenters. The summed E-state index contributed by atoms with van der Waals surface area (Å²) in [5.74, 6) is 0.371. The minimum Gasteiger partial charge on any atom is -0.497 e. The Kier molecular flexibility index (Phi) is 6.72. The lowest BCUT2D eigenvalue weighted by Gasteiger charge is -2.17. The van der Waals surface area contributed by atoms with Crippen molar-refractivity contribution in [3.8, 4) is 5.75 Å². The van der Waals surface area contributed by atoms with Crippen LogP contribution in [0.5, 0.6) is 5.75 Å². The highest BCUT2D eigenvalue weighted by atomic mass is 79.9. The SMILES string of the molecule is COc1ccc2c(c1)CCCC2=N/N=C1/NC(=O)C(CC(=O)Nc2ccc(Br)cc2)S1. The maximum Gasteiger partial charge on any atom is 0.240 e. The summed E-state index contributed by atoms with van der Waals surface area (Å²) in [6.07, 6.45) is 2.85. The van der Waals surface area contributed by atoms with Crippen LogP contribution in [-0.4, -0.2) is 35.1 Å². The summed E-state index contributed by atoms with van der Waals surface area (Å²) in [6, 6.07) is 13.2.